The molecular formula is C18H16ClF3N4OS2. The lowest BCUT2D eigenvalue weighted by molar-refractivity contribution is -0.137. The van der Waals surface area contributed by atoms with Gasteiger partial charge in [-0.05, 0) is 43.5 Å². The number of carbonyl (C=O) groups excluding carboxylic acids is 1. The minimum absolute atomic E-state index is 0.0603. The Hall–Kier alpha value is -2.04. The molecule has 0 saturated heterocycles. The molecule has 2 heterocycles. The van der Waals surface area contributed by atoms with Gasteiger partial charge in [0.1, 0.15) is 0 Å². The fourth-order valence-electron chi connectivity index (χ4n) is 2.56. The van der Waals surface area contributed by atoms with Crippen LogP contribution in [0, 0.1) is 0 Å². The Morgan fingerprint density at radius 1 is 1.34 bits per heavy atom. The van der Waals surface area contributed by atoms with Gasteiger partial charge in [-0.3, -0.25) is 4.79 Å². The van der Waals surface area contributed by atoms with Crippen LogP contribution in [0.15, 0.2) is 40.9 Å². The smallest absolute Gasteiger partial charge is 0.325 e. The molecule has 0 spiro atoms. The van der Waals surface area contributed by atoms with Gasteiger partial charge in [-0.1, -0.05) is 29.4 Å². The highest BCUT2D eigenvalue weighted by molar-refractivity contribution is 8.00. The average molecular weight is 461 g/mol. The van der Waals surface area contributed by atoms with Crippen LogP contribution in [0.2, 0.25) is 5.02 Å². The molecule has 29 heavy (non-hydrogen) atoms. The predicted octanol–water partition coefficient (Wildman–Crippen LogP) is 5.82. The van der Waals surface area contributed by atoms with Gasteiger partial charge in [0.2, 0.25) is 5.91 Å². The fourth-order valence-corrected chi connectivity index (χ4v) is 4.36. The van der Waals surface area contributed by atoms with E-state index >= 15 is 0 Å². The molecule has 0 bridgehead atoms. The van der Waals surface area contributed by atoms with Gasteiger partial charge in [0.25, 0.3) is 0 Å². The SMILES string of the molecule is CCn1c(SC(C)C(=O)Nc2ccc(Cl)cc2C(F)(F)F)nnc1-c1cccs1. The lowest BCUT2D eigenvalue weighted by Gasteiger charge is -2.16. The summed E-state index contributed by atoms with van der Waals surface area (Å²) < 4.78 is 41.5. The molecule has 0 aliphatic carbocycles. The number of nitrogens with one attached hydrogen (secondary N) is 1. The minimum atomic E-state index is -4.64. The van der Waals surface area contributed by atoms with E-state index in [2.05, 4.69) is 15.5 Å². The Bertz CT molecular complexity index is 1010. The molecule has 1 N–H and O–H groups in total. The molecule has 0 aliphatic rings. The summed E-state index contributed by atoms with van der Waals surface area (Å²) in [5.41, 5.74) is -1.33. The van der Waals surface area contributed by atoms with E-state index in [4.69, 9.17) is 11.6 Å². The molecule has 0 aliphatic heterocycles. The van der Waals surface area contributed by atoms with Gasteiger partial charge < -0.3 is 9.88 Å². The first-order chi connectivity index (χ1) is 13.7. The Balaban J connectivity index is 1.78. The Labute approximate surface area is 178 Å². The number of anilines is 1. The van der Waals surface area contributed by atoms with Crippen molar-refractivity contribution in [1.82, 2.24) is 14.8 Å². The summed E-state index contributed by atoms with van der Waals surface area (Å²) in [5, 5.41) is 12.4. The first kappa shape index (κ1) is 21.7. The number of nitrogens with zero attached hydrogens (tertiary/aromatic N) is 3. The van der Waals surface area contributed by atoms with Gasteiger partial charge in [-0.15, -0.1) is 21.5 Å². The van der Waals surface area contributed by atoms with Gasteiger partial charge >= 0.3 is 6.18 Å². The summed E-state index contributed by atoms with van der Waals surface area (Å²) in [7, 11) is 0. The normalized spacial score (nSPS) is 12.8. The standard InChI is InChI=1S/C18H16ClF3N4OS2/c1-3-26-15(14-5-4-8-28-14)24-25-17(26)29-10(2)16(27)23-13-7-6-11(19)9-12(13)18(20,21)22/h4-10H,3H2,1-2H3,(H,23,27). The molecular weight excluding hydrogens is 445 g/mol. The van der Waals surface area contributed by atoms with E-state index in [0.717, 1.165) is 28.8 Å². The topological polar surface area (TPSA) is 59.8 Å². The number of aromatic nitrogens is 3. The van der Waals surface area contributed by atoms with E-state index in [1.807, 2.05) is 29.0 Å². The van der Waals surface area contributed by atoms with Gasteiger partial charge in [0.15, 0.2) is 11.0 Å². The van der Waals surface area contributed by atoms with Crippen molar-refractivity contribution < 1.29 is 18.0 Å². The van der Waals surface area contributed by atoms with Crippen LogP contribution in [0.1, 0.15) is 19.4 Å². The maximum Gasteiger partial charge on any atom is 0.418 e. The molecule has 5 nitrogen and oxygen atoms in total. The minimum Gasteiger partial charge on any atom is -0.325 e. The average Bonchev–Trinajstić information content (AvgIpc) is 3.31. The van der Waals surface area contributed by atoms with Crippen LogP contribution in [0.3, 0.4) is 0 Å². The highest BCUT2D eigenvalue weighted by Gasteiger charge is 2.34. The Morgan fingerprint density at radius 2 is 2.10 bits per heavy atom. The number of thioether (sulfide) groups is 1. The summed E-state index contributed by atoms with van der Waals surface area (Å²) >= 11 is 8.33. The lowest BCUT2D eigenvalue weighted by Crippen LogP contribution is -2.24. The van der Waals surface area contributed by atoms with Gasteiger partial charge in [0, 0.05) is 11.6 Å². The van der Waals surface area contributed by atoms with Crippen LogP contribution >= 0.6 is 34.7 Å². The van der Waals surface area contributed by atoms with Crippen molar-refractivity contribution in [1.29, 1.82) is 0 Å². The number of hydrogen-bond acceptors (Lipinski definition) is 5. The first-order valence-electron chi connectivity index (χ1n) is 8.52. The molecule has 3 aromatic rings. The van der Waals surface area contributed by atoms with E-state index in [0.29, 0.717) is 17.5 Å². The van der Waals surface area contributed by atoms with E-state index < -0.39 is 22.9 Å². The van der Waals surface area contributed by atoms with E-state index in [9.17, 15) is 18.0 Å². The zero-order chi connectivity index (χ0) is 21.2. The number of hydrogen-bond donors (Lipinski definition) is 1. The zero-order valence-corrected chi connectivity index (χ0v) is 17.7. The number of carbonyl (C=O) groups is 1. The largest absolute Gasteiger partial charge is 0.418 e. The molecule has 11 heteroatoms. The van der Waals surface area contributed by atoms with E-state index in [1.54, 1.807) is 6.92 Å². The monoisotopic (exact) mass is 460 g/mol. The molecule has 0 saturated carbocycles. The molecule has 154 valence electrons. The summed E-state index contributed by atoms with van der Waals surface area (Å²) in [5.74, 6) is 0.112. The number of halogens is 4. The number of alkyl halides is 3. The van der Waals surface area contributed by atoms with Crippen molar-refractivity contribution in [2.75, 3.05) is 5.32 Å². The number of rotatable bonds is 6. The second kappa shape index (κ2) is 8.76. The van der Waals surface area contributed by atoms with Crippen molar-refractivity contribution in [3.05, 3.63) is 46.3 Å². The maximum absolute atomic E-state index is 13.2. The van der Waals surface area contributed by atoms with E-state index in [1.165, 1.54) is 17.4 Å². The molecule has 1 amide bonds. The Morgan fingerprint density at radius 3 is 2.72 bits per heavy atom. The van der Waals surface area contributed by atoms with Crippen LogP contribution in [0.25, 0.3) is 10.7 Å². The lowest BCUT2D eigenvalue weighted by atomic mass is 10.1. The predicted molar refractivity (Wildman–Crippen MR) is 109 cm³/mol. The summed E-state index contributed by atoms with van der Waals surface area (Å²) in [6.45, 7) is 4.12. The fraction of sp³-hybridized carbons (Fsp3) is 0.278. The number of thiophene rings is 1. The second-order valence-electron chi connectivity index (χ2n) is 5.96. The van der Waals surface area contributed by atoms with Crippen molar-refractivity contribution >= 4 is 46.3 Å². The van der Waals surface area contributed by atoms with Gasteiger partial charge in [-0.2, -0.15) is 13.2 Å². The summed E-state index contributed by atoms with van der Waals surface area (Å²) in [4.78, 5) is 13.5. The molecule has 1 aromatic carbocycles. The van der Waals surface area contributed by atoms with Gasteiger partial charge in [-0.25, -0.2) is 0 Å². The number of amides is 1. The first-order valence-corrected chi connectivity index (χ1v) is 10.7. The van der Waals surface area contributed by atoms with Crippen LogP contribution in [-0.2, 0) is 17.5 Å². The van der Waals surface area contributed by atoms with Crippen molar-refractivity contribution in [2.24, 2.45) is 0 Å². The van der Waals surface area contributed by atoms with Crippen LogP contribution in [0.5, 0.6) is 0 Å². The third kappa shape index (κ3) is 4.93. The Kier molecular flexibility index (Phi) is 6.55. The molecule has 2 aromatic heterocycles. The summed E-state index contributed by atoms with van der Waals surface area (Å²) in [6, 6.07) is 7.05. The summed E-state index contributed by atoms with van der Waals surface area (Å²) in [6.07, 6.45) is -4.64. The molecule has 1 atom stereocenters. The molecule has 0 fully saturated rings. The van der Waals surface area contributed by atoms with Crippen LogP contribution in [0.4, 0.5) is 18.9 Å². The van der Waals surface area contributed by atoms with Crippen LogP contribution < -0.4 is 5.32 Å². The van der Waals surface area contributed by atoms with Crippen molar-refractivity contribution in [2.45, 2.75) is 37.0 Å². The van der Waals surface area contributed by atoms with Crippen molar-refractivity contribution in [3.8, 4) is 10.7 Å². The third-order valence-electron chi connectivity index (χ3n) is 3.97. The van der Waals surface area contributed by atoms with Crippen LogP contribution in [-0.4, -0.2) is 25.9 Å². The molecule has 0 radical (unpaired) electrons. The quantitative estimate of drug-likeness (QED) is 0.471. The van der Waals surface area contributed by atoms with Gasteiger partial charge in [0.05, 0.1) is 21.4 Å². The zero-order valence-electron chi connectivity index (χ0n) is 15.3. The maximum atomic E-state index is 13.2. The number of benzene rings is 1. The highest BCUT2D eigenvalue weighted by Crippen LogP contribution is 2.37. The highest BCUT2D eigenvalue weighted by atomic mass is 35.5. The molecule has 1 unspecified atom stereocenters. The third-order valence-corrected chi connectivity index (χ3v) is 6.15. The second-order valence-corrected chi connectivity index (χ2v) is 8.66. The molecule has 3 rings (SSSR count). The van der Waals surface area contributed by atoms with Crippen molar-refractivity contribution in [3.63, 3.8) is 0 Å². The van der Waals surface area contributed by atoms with E-state index in [-0.39, 0.29) is 10.7 Å².